The van der Waals surface area contributed by atoms with Crippen molar-refractivity contribution in [3.05, 3.63) is 0 Å². The topological polar surface area (TPSA) is 35.5 Å². The zero-order valence-electron chi connectivity index (χ0n) is 12.3. The summed E-state index contributed by atoms with van der Waals surface area (Å²) in [7, 11) is 0. The van der Waals surface area contributed by atoms with Gasteiger partial charge in [-0.15, -0.1) is 0 Å². The van der Waals surface area contributed by atoms with Crippen molar-refractivity contribution in [2.24, 2.45) is 5.41 Å². The van der Waals surface area contributed by atoms with Crippen LogP contribution in [0.3, 0.4) is 0 Å². The molecule has 3 unspecified atom stereocenters. The SMILES string of the molecule is CCNCC(C)(CC)CN1C2CCC1CC(O)C2. The minimum atomic E-state index is -0.0413. The Morgan fingerprint density at radius 1 is 1.22 bits per heavy atom. The van der Waals surface area contributed by atoms with E-state index in [2.05, 4.69) is 31.0 Å². The molecule has 2 aliphatic rings. The van der Waals surface area contributed by atoms with Crippen LogP contribution in [-0.4, -0.2) is 47.8 Å². The first-order chi connectivity index (χ1) is 8.58. The number of aliphatic hydroxyl groups excluding tert-OH is 1. The van der Waals surface area contributed by atoms with Gasteiger partial charge >= 0.3 is 0 Å². The summed E-state index contributed by atoms with van der Waals surface area (Å²) < 4.78 is 0. The van der Waals surface area contributed by atoms with Gasteiger partial charge < -0.3 is 10.4 Å². The second-order valence-corrected chi connectivity index (χ2v) is 6.63. The largest absolute Gasteiger partial charge is 0.393 e. The van der Waals surface area contributed by atoms with Crippen LogP contribution in [0.2, 0.25) is 0 Å². The summed E-state index contributed by atoms with van der Waals surface area (Å²) in [5.41, 5.74) is 0.374. The maximum absolute atomic E-state index is 9.87. The molecule has 0 aromatic heterocycles. The fourth-order valence-electron chi connectivity index (χ4n) is 3.66. The van der Waals surface area contributed by atoms with E-state index in [0.717, 1.165) is 25.9 Å². The number of aliphatic hydroxyl groups is 1. The Labute approximate surface area is 112 Å². The Hall–Kier alpha value is -0.120. The molecule has 0 saturated carbocycles. The first-order valence-corrected chi connectivity index (χ1v) is 7.72. The van der Waals surface area contributed by atoms with Gasteiger partial charge in [0.25, 0.3) is 0 Å². The minimum Gasteiger partial charge on any atom is -0.393 e. The maximum Gasteiger partial charge on any atom is 0.0570 e. The number of rotatable bonds is 6. The van der Waals surface area contributed by atoms with E-state index in [1.807, 2.05) is 0 Å². The van der Waals surface area contributed by atoms with Crippen molar-refractivity contribution in [1.29, 1.82) is 0 Å². The Kier molecular flexibility index (Phi) is 4.68. The van der Waals surface area contributed by atoms with Crippen LogP contribution < -0.4 is 5.32 Å². The summed E-state index contributed by atoms with van der Waals surface area (Å²) >= 11 is 0. The highest BCUT2D eigenvalue weighted by Crippen LogP contribution is 2.38. The monoisotopic (exact) mass is 254 g/mol. The average molecular weight is 254 g/mol. The van der Waals surface area contributed by atoms with Crippen molar-refractivity contribution in [3.8, 4) is 0 Å². The second kappa shape index (κ2) is 5.89. The normalized spacial score (nSPS) is 35.7. The molecule has 2 saturated heterocycles. The molecule has 0 amide bonds. The van der Waals surface area contributed by atoms with Gasteiger partial charge in [-0.3, -0.25) is 4.90 Å². The molecule has 2 heterocycles. The fraction of sp³-hybridized carbons (Fsp3) is 1.00. The van der Waals surface area contributed by atoms with Crippen molar-refractivity contribution in [2.45, 2.75) is 71.1 Å². The zero-order chi connectivity index (χ0) is 13.2. The number of nitrogens with zero attached hydrogens (tertiary/aromatic N) is 1. The minimum absolute atomic E-state index is 0.0413. The third-order valence-electron chi connectivity index (χ3n) is 5.08. The molecule has 3 atom stereocenters. The predicted molar refractivity (Wildman–Crippen MR) is 75.7 cm³/mol. The van der Waals surface area contributed by atoms with Gasteiger partial charge in [-0.05, 0) is 44.1 Å². The first kappa shape index (κ1) is 14.3. The highest BCUT2D eigenvalue weighted by molar-refractivity contribution is 4.97. The molecule has 2 rings (SSSR count). The van der Waals surface area contributed by atoms with E-state index in [1.165, 1.54) is 25.8 Å². The molecule has 2 bridgehead atoms. The molecule has 0 spiro atoms. The van der Waals surface area contributed by atoms with E-state index >= 15 is 0 Å². The van der Waals surface area contributed by atoms with Crippen LogP contribution in [0.1, 0.15) is 52.9 Å². The number of piperidine rings is 1. The molecular formula is C15H30N2O. The third kappa shape index (κ3) is 3.06. The lowest BCUT2D eigenvalue weighted by atomic mass is 9.85. The smallest absolute Gasteiger partial charge is 0.0570 e. The molecule has 18 heavy (non-hydrogen) atoms. The van der Waals surface area contributed by atoms with E-state index in [9.17, 15) is 5.11 Å². The average Bonchev–Trinajstić information content (AvgIpc) is 2.59. The van der Waals surface area contributed by atoms with Gasteiger partial charge in [-0.25, -0.2) is 0 Å². The molecule has 2 N–H and O–H groups in total. The van der Waals surface area contributed by atoms with Crippen LogP contribution in [0.5, 0.6) is 0 Å². The second-order valence-electron chi connectivity index (χ2n) is 6.63. The van der Waals surface area contributed by atoms with Gasteiger partial charge in [0.1, 0.15) is 0 Å². The number of fused-ring (bicyclic) bond motifs is 2. The lowest BCUT2D eigenvalue weighted by Crippen LogP contribution is -2.51. The van der Waals surface area contributed by atoms with Crippen LogP contribution in [0, 0.1) is 5.41 Å². The predicted octanol–water partition coefficient (Wildman–Crippen LogP) is 2.00. The quantitative estimate of drug-likeness (QED) is 0.761. The Bertz CT molecular complexity index is 257. The highest BCUT2D eigenvalue weighted by atomic mass is 16.3. The number of nitrogens with one attached hydrogen (secondary N) is 1. The van der Waals surface area contributed by atoms with Crippen molar-refractivity contribution >= 4 is 0 Å². The van der Waals surface area contributed by atoms with Crippen molar-refractivity contribution < 1.29 is 5.11 Å². The van der Waals surface area contributed by atoms with Gasteiger partial charge in [0.2, 0.25) is 0 Å². The summed E-state index contributed by atoms with van der Waals surface area (Å²) in [5.74, 6) is 0. The van der Waals surface area contributed by atoms with Crippen LogP contribution in [0.4, 0.5) is 0 Å². The highest BCUT2D eigenvalue weighted by Gasteiger charge is 2.42. The lowest BCUT2D eigenvalue weighted by Gasteiger charge is -2.43. The van der Waals surface area contributed by atoms with Crippen LogP contribution in [0.25, 0.3) is 0 Å². The van der Waals surface area contributed by atoms with Crippen LogP contribution >= 0.6 is 0 Å². The van der Waals surface area contributed by atoms with E-state index in [-0.39, 0.29) is 6.10 Å². The Morgan fingerprint density at radius 3 is 2.33 bits per heavy atom. The van der Waals surface area contributed by atoms with Crippen LogP contribution in [0.15, 0.2) is 0 Å². The van der Waals surface area contributed by atoms with Crippen LogP contribution in [-0.2, 0) is 0 Å². The molecule has 2 aliphatic heterocycles. The van der Waals surface area contributed by atoms with E-state index < -0.39 is 0 Å². The molecule has 0 aromatic carbocycles. The summed E-state index contributed by atoms with van der Waals surface area (Å²) in [6, 6.07) is 1.29. The van der Waals surface area contributed by atoms with Gasteiger partial charge in [0.15, 0.2) is 0 Å². The summed E-state index contributed by atoms with van der Waals surface area (Å²) in [6.45, 7) is 10.2. The lowest BCUT2D eigenvalue weighted by molar-refractivity contribution is 0.0119. The number of hydrogen-bond acceptors (Lipinski definition) is 3. The van der Waals surface area contributed by atoms with Crippen molar-refractivity contribution in [1.82, 2.24) is 10.2 Å². The van der Waals surface area contributed by atoms with Crippen molar-refractivity contribution in [3.63, 3.8) is 0 Å². The van der Waals surface area contributed by atoms with Gasteiger partial charge in [-0.1, -0.05) is 20.8 Å². The fourth-order valence-corrected chi connectivity index (χ4v) is 3.66. The molecular weight excluding hydrogens is 224 g/mol. The van der Waals surface area contributed by atoms with E-state index in [0.29, 0.717) is 17.5 Å². The Morgan fingerprint density at radius 2 is 1.83 bits per heavy atom. The summed E-state index contributed by atoms with van der Waals surface area (Å²) in [4.78, 5) is 2.70. The van der Waals surface area contributed by atoms with Crippen molar-refractivity contribution in [2.75, 3.05) is 19.6 Å². The molecule has 3 nitrogen and oxygen atoms in total. The number of hydrogen-bond donors (Lipinski definition) is 2. The molecule has 106 valence electrons. The standard InChI is InChI=1S/C15H30N2O/c1-4-15(3,10-16-5-2)11-17-12-6-7-13(17)9-14(18)8-12/h12-14,16,18H,4-11H2,1-3H3. The summed E-state index contributed by atoms with van der Waals surface area (Å²) in [5, 5.41) is 13.4. The first-order valence-electron chi connectivity index (χ1n) is 7.72. The molecule has 0 radical (unpaired) electrons. The zero-order valence-corrected chi connectivity index (χ0v) is 12.3. The molecule has 3 heteroatoms. The molecule has 0 aromatic rings. The van der Waals surface area contributed by atoms with Gasteiger partial charge in [0, 0.05) is 25.2 Å². The Balaban J connectivity index is 1.95. The van der Waals surface area contributed by atoms with Gasteiger partial charge in [-0.2, -0.15) is 0 Å². The third-order valence-corrected chi connectivity index (χ3v) is 5.08. The van der Waals surface area contributed by atoms with Gasteiger partial charge in [0.05, 0.1) is 6.10 Å². The van der Waals surface area contributed by atoms with E-state index in [4.69, 9.17) is 0 Å². The molecule has 2 fully saturated rings. The molecule has 0 aliphatic carbocycles. The maximum atomic E-state index is 9.87. The van der Waals surface area contributed by atoms with E-state index in [1.54, 1.807) is 0 Å². The summed E-state index contributed by atoms with van der Waals surface area (Å²) in [6.07, 6.45) is 5.76.